The molecule has 3 N–H and O–H groups in total. The molecule has 0 fully saturated rings. The first-order chi connectivity index (χ1) is 8.08. The van der Waals surface area contributed by atoms with E-state index in [2.05, 4.69) is 5.32 Å². The smallest absolute Gasteiger partial charge is 0.247 e. The van der Waals surface area contributed by atoms with E-state index >= 15 is 0 Å². The topological polar surface area (TPSA) is 123 Å². The van der Waals surface area contributed by atoms with Crippen LogP contribution < -0.4 is 10.5 Å². The van der Waals surface area contributed by atoms with Crippen molar-refractivity contribution >= 4 is 37.1 Å². The summed E-state index contributed by atoms with van der Waals surface area (Å²) >= 11 is 0.923. The van der Waals surface area contributed by atoms with Crippen molar-refractivity contribution in [3.63, 3.8) is 0 Å². The predicted octanol–water partition coefficient (Wildman–Crippen LogP) is -0.944. The highest BCUT2D eigenvalue weighted by molar-refractivity contribution is 7.91. The van der Waals surface area contributed by atoms with Crippen LogP contribution in [0.3, 0.4) is 0 Å². The Kier molecular flexibility index (Phi) is 4.48. The fourth-order valence-electron chi connectivity index (χ4n) is 1.08. The maximum Gasteiger partial charge on any atom is 0.247 e. The van der Waals surface area contributed by atoms with Gasteiger partial charge in [0.2, 0.25) is 15.9 Å². The summed E-state index contributed by atoms with van der Waals surface area (Å²) in [6.07, 6.45) is 0.955. The maximum atomic E-state index is 11.2. The molecule has 1 heterocycles. The van der Waals surface area contributed by atoms with Crippen LogP contribution >= 0.6 is 11.3 Å². The van der Waals surface area contributed by atoms with E-state index in [9.17, 15) is 21.6 Å². The Bertz CT molecular complexity index is 644. The van der Waals surface area contributed by atoms with Gasteiger partial charge < -0.3 is 5.32 Å². The molecule has 102 valence electrons. The van der Waals surface area contributed by atoms with Gasteiger partial charge in [-0.1, -0.05) is 0 Å². The Morgan fingerprint density at radius 2 is 1.94 bits per heavy atom. The number of carbonyl (C=O) groups excluding carboxylic acids is 1. The molecule has 0 atom stereocenters. The van der Waals surface area contributed by atoms with E-state index in [0.29, 0.717) is 4.88 Å². The Morgan fingerprint density at radius 1 is 1.33 bits per heavy atom. The standard InChI is InChI=1S/C8H12N2O5S3/c1-17(12,13)5-7(11)10-4-6-2-3-8(16-6)18(9,14)15/h2-3H,4-5H2,1H3,(H,10,11)(H2,9,14,15). The van der Waals surface area contributed by atoms with Crippen molar-refractivity contribution in [1.29, 1.82) is 0 Å². The molecular weight excluding hydrogens is 300 g/mol. The number of primary sulfonamides is 1. The third-order valence-corrected chi connectivity index (χ3v) is 5.08. The Morgan fingerprint density at radius 3 is 2.39 bits per heavy atom. The lowest BCUT2D eigenvalue weighted by Gasteiger charge is -2.01. The van der Waals surface area contributed by atoms with Crippen molar-refractivity contribution < 1.29 is 21.6 Å². The van der Waals surface area contributed by atoms with Crippen LogP contribution in [-0.2, 0) is 31.2 Å². The Hall–Kier alpha value is -0.970. The van der Waals surface area contributed by atoms with Crippen molar-refractivity contribution in [3.8, 4) is 0 Å². The molecule has 1 rings (SSSR count). The van der Waals surface area contributed by atoms with E-state index in [4.69, 9.17) is 5.14 Å². The number of rotatable bonds is 5. The summed E-state index contributed by atoms with van der Waals surface area (Å²) < 4.78 is 43.7. The molecule has 0 aliphatic heterocycles. The molecule has 0 saturated heterocycles. The van der Waals surface area contributed by atoms with E-state index in [1.807, 2.05) is 0 Å². The molecule has 1 aromatic heterocycles. The average molecular weight is 312 g/mol. The molecule has 0 radical (unpaired) electrons. The fraction of sp³-hybridized carbons (Fsp3) is 0.375. The molecule has 0 aromatic carbocycles. The normalized spacial score (nSPS) is 12.3. The van der Waals surface area contributed by atoms with Gasteiger partial charge in [-0.15, -0.1) is 11.3 Å². The number of hydrogen-bond donors (Lipinski definition) is 2. The molecule has 0 spiro atoms. The number of nitrogens with one attached hydrogen (secondary N) is 1. The molecule has 7 nitrogen and oxygen atoms in total. The number of thiophene rings is 1. The zero-order valence-corrected chi connectivity index (χ0v) is 11.9. The van der Waals surface area contributed by atoms with Crippen molar-refractivity contribution in [2.75, 3.05) is 12.0 Å². The predicted molar refractivity (Wildman–Crippen MR) is 67.2 cm³/mol. The minimum atomic E-state index is -3.74. The number of amides is 1. The second-order valence-corrected chi connectivity index (χ2v) is 8.71. The molecule has 0 unspecified atom stereocenters. The lowest BCUT2D eigenvalue weighted by molar-refractivity contribution is -0.118. The van der Waals surface area contributed by atoms with Crippen molar-refractivity contribution in [1.82, 2.24) is 5.32 Å². The summed E-state index contributed by atoms with van der Waals surface area (Å²) in [5, 5.41) is 7.30. The summed E-state index contributed by atoms with van der Waals surface area (Å²) in [6, 6.07) is 2.84. The molecule has 0 aliphatic rings. The highest BCUT2D eigenvalue weighted by Gasteiger charge is 2.13. The molecule has 10 heteroatoms. The third-order valence-electron chi connectivity index (χ3n) is 1.77. The van der Waals surface area contributed by atoms with Gasteiger partial charge in [-0.25, -0.2) is 22.0 Å². The molecule has 18 heavy (non-hydrogen) atoms. The lowest BCUT2D eigenvalue weighted by Crippen LogP contribution is -2.29. The van der Waals surface area contributed by atoms with Gasteiger partial charge in [-0.05, 0) is 12.1 Å². The number of sulfone groups is 1. The minimum absolute atomic E-state index is 0.00476. The number of sulfonamides is 1. The van der Waals surface area contributed by atoms with Crippen LogP contribution in [0, 0.1) is 0 Å². The van der Waals surface area contributed by atoms with Crippen LogP contribution in [0.1, 0.15) is 4.88 Å². The Labute approximate surface area is 109 Å². The summed E-state index contributed by atoms with van der Waals surface area (Å²) in [5.41, 5.74) is 0. The molecular formula is C8H12N2O5S3. The van der Waals surface area contributed by atoms with Crippen LogP contribution in [0.2, 0.25) is 0 Å². The van der Waals surface area contributed by atoms with E-state index in [0.717, 1.165) is 17.6 Å². The first kappa shape index (κ1) is 15.1. The van der Waals surface area contributed by atoms with Gasteiger partial charge in [0.1, 0.15) is 9.96 Å². The zero-order valence-electron chi connectivity index (χ0n) is 9.41. The first-order valence-electron chi connectivity index (χ1n) is 4.64. The highest BCUT2D eigenvalue weighted by atomic mass is 32.2. The molecule has 0 bridgehead atoms. The van der Waals surface area contributed by atoms with E-state index < -0.39 is 31.5 Å². The summed E-state index contributed by atoms with van der Waals surface area (Å²) in [7, 11) is -7.11. The van der Waals surface area contributed by atoms with Crippen molar-refractivity contribution in [2.45, 2.75) is 10.8 Å². The molecule has 1 amide bonds. The van der Waals surface area contributed by atoms with Crippen LogP contribution in [0.15, 0.2) is 16.3 Å². The second kappa shape index (κ2) is 5.34. The number of nitrogens with two attached hydrogens (primary N) is 1. The molecule has 0 saturated carbocycles. The minimum Gasteiger partial charge on any atom is -0.350 e. The van der Waals surface area contributed by atoms with E-state index in [1.54, 1.807) is 0 Å². The maximum absolute atomic E-state index is 11.2. The molecule has 1 aromatic rings. The monoisotopic (exact) mass is 312 g/mol. The SMILES string of the molecule is CS(=O)(=O)CC(=O)NCc1ccc(S(N)(=O)=O)s1. The van der Waals surface area contributed by atoms with Crippen LogP contribution in [0.5, 0.6) is 0 Å². The number of hydrogen-bond acceptors (Lipinski definition) is 6. The highest BCUT2D eigenvalue weighted by Crippen LogP contribution is 2.19. The van der Waals surface area contributed by atoms with Gasteiger partial charge in [-0.2, -0.15) is 0 Å². The third kappa shape index (κ3) is 5.12. The summed E-state index contributed by atoms with van der Waals surface area (Å²) in [6.45, 7) is 0.0640. The van der Waals surface area contributed by atoms with E-state index in [-0.39, 0.29) is 10.8 Å². The van der Waals surface area contributed by atoms with Crippen LogP contribution in [0.4, 0.5) is 0 Å². The quantitative estimate of drug-likeness (QED) is 0.726. The van der Waals surface area contributed by atoms with Gasteiger partial charge in [0.05, 0.1) is 6.54 Å². The van der Waals surface area contributed by atoms with Crippen molar-refractivity contribution in [2.24, 2.45) is 5.14 Å². The average Bonchev–Trinajstić information content (AvgIpc) is 2.59. The van der Waals surface area contributed by atoms with Crippen LogP contribution in [0.25, 0.3) is 0 Å². The second-order valence-electron chi connectivity index (χ2n) is 3.61. The van der Waals surface area contributed by atoms with Crippen LogP contribution in [-0.4, -0.2) is 34.8 Å². The van der Waals surface area contributed by atoms with Gasteiger partial charge in [-0.3, -0.25) is 4.79 Å². The zero-order chi connectivity index (χ0) is 14.0. The summed E-state index contributed by atoms with van der Waals surface area (Å²) in [4.78, 5) is 11.8. The fourth-order valence-corrected chi connectivity index (χ4v) is 3.38. The lowest BCUT2D eigenvalue weighted by atomic mass is 10.4. The number of carbonyl (C=O) groups is 1. The largest absolute Gasteiger partial charge is 0.350 e. The Balaban J connectivity index is 2.60. The molecule has 0 aliphatic carbocycles. The van der Waals surface area contributed by atoms with Crippen molar-refractivity contribution in [3.05, 3.63) is 17.0 Å². The summed E-state index contributed by atoms with van der Waals surface area (Å²) in [5.74, 6) is -1.23. The van der Waals surface area contributed by atoms with Gasteiger partial charge >= 0.3 is 0 Å². The van der Waals surface area contributed by atoms with Gasteiger partial charge in [0, 0.05) is 11.1 Å². The van der Waals surface area contributed by atoms with Gasteiger partial charge in [0.25, 0.3) is 0 Å². The van der Waals surface area contributed by atoms with Gasteiger partial charge in [0.15, 0.2) is 9.84 Å². The first-order valence-corrected chi connectivity index (χ1v) is 9.06. The van der Waals surface area contributed by atoms with E-state index in [1.165, 1.54) is 12.1 Å².